The van der Waals surface area contributed by atoms with Crippen LogP contribution < -0.4 is 4.90 Å². The first kappa shape index (κ1) is 15.8. The van der Waals surface area contributed by atoms with Gasteiger partial charge in [0.25, 0.3) is 0 Å². The van der Waals surface area contributed by atoms with E-state index in [1.807, 2.05) is 0 Å². The molecule has 1 saturated heterocycles. The average Bonchev–Trinajstić information content (AvgIpc) is 2.86. The third kappa shape index (κ3) is 3.82. The van der Waals surface area contributed by atoms with E-state index >= 15 is 0 Å². The van der Waals surface area contributed by atoms with E-state index in [1.54, 1.807) is 6.20 Å². The number of imidazole rings is 1. The van der Waals surface area contributed by atoms with Gasteiger partial charge in [0, 0.05) is 44.6 Å². The van der Waals surface area contributed by atoms with Crippen molar-refractivity contribution in [3.63, 3.8) is 0 Å². The lowest BCUT2D eigenvalue weighted by atomic mass is 10.3. The Morgan fingerprint density at radius 3 is 2.78 bits per heavy atom. The van der Waals surface area contributed by atoms with E-state index in [1.165, 1.54) is 24.7 Å². The first-order valence-electron chi connectivity index (χ1n) is 7.51. The molecule has 0 aliphatic carbocycles. The van der Waals surface area contributed by atoms with Gasteiger partial charge in [0.2, 0.25) is 0 Å². The fourth-order valence-corrected chi connectivity index (χ4v) is 2.80. The third-order valence-electron chi connectivity index (χ3n) is 3.97. The van der Waals surface area contributed by atoms with Crippen molar-refractivity contribution in [2.45, 2.75) is 19.5 Å². The van der Waals surface area contributed by atoms with Gasteiger partial charge < -0.3 is 4.90 Å². The van der Waals surface area contributed by atoms with Crippen LogP contribution in [0.2, 0.25) is 0 Å². The van der Waals surface area contributed by atoms with Crippen LogP contribution in [0.1, 0.15) is 18.8 Å². The molecule has 1 fully saturated rings. The van der Waals surface area contributed by atoms with Crippen LogP contribution in [-0.4, -0.2) is 45.6 Å². The standard InChI is InChI=1S/C15H18F3N5/c16-12-8-13(10-19-9-12)22-4-1-3-21(6-7-22)11-14-20-2-5-23(14)15(17)18/h2,5,8-10,15H,1,3-4,6-7,11H2. The molecule has 3 heterocycles. The fourth-order valence-electron chi connectivity index (χ4n) is 2.80. The highest BCUT2D eigenvalue weighted by atomic mass is 19.3. The Labute approximate surface area is 132 Å². The maximum Gasteiger partial charge on any atom is 0.319 e. The Balaban J connectivity index is 1.63. The number of rotatable bonds is 4. The van der Waals surface area contributed by atoms with Crippen LogP contribution in [0, 0.1) is 5.82 Å². The zero-order valence-electron chi connectivity index (χ0n) is 12.6. The molecule has 2 aromatic rings. The molecule has 0 spiro atoms. The Morgan fingerprint density at radius 1 is 1.13 bits per heavy atom. The lowest BCUT2D eigenvalue weighted by Crippen LogP contribution is -2.31. The lowest BCUT2D eigenvalue weighted by Gasteiger charge is -2.23. The molecule has 124 valence electrons. The Hall–Kier alpha value is -2.09. The van der Waals surface area contributed by atoms with Gasteiger partial charge >= 0.3 is 6.55 Å². The van der Waals surface area contributed by atoms with Crippen molar-refractivity contribution in [3.8, 4) is 0 Å². The number of pyridine rings is 1. The Bertz CT molecular complexity index is 646. The van der Waals surface area contributed by atoms with Gasteiger partial charge in [-0.05, 0) is 6.42 Å². The van der Waals surface area contributed by atoms with E-state index < -0.39 is 6.55 Å². The van der Waals surface area contributed by atoms with E-state index in [2.05, 4.69) is 19.8 Å². The molecule has 23 heavy (non-hydrogen) atoms. The predicted octanol–water partition coefficient (Wildman–Crippen LogP) is 2.52. The van der Waals surface area contributed by atoms with Crippen LogP contribution in [0.3, 0.4) is 0 Å². The molecule has 3 rings (SSSR count). The van der Waals surface area contributed by atoms with Crippen molar-refractivity contribution >= 4 is 5.69 Å². The molecule has 5 nitrogen and oxygen atoms in total. The topological polar surface area (TPSA) is 37.2 Å². The number of aromatic nitrogens is 3. The number of anilines is 1. The minimum atomic E-state index is -2.57. The van der Waals surface area contributed by atoms with Crippen molar-refractivity contribution in [2.24, 2.45) is 0 Å². The van der Waals surface area contributed by atoms with E-state index in [0.717, 1.165) is 29.8 Å². The van der Waals surface area contributed by atoms with E-state index in [0.29, 0.717) is 25.5 Å². The van der Waals surface area contributed by atoms with Crippen LogP contribution >= 0.6 is 0 Å². The SMILES string of the molecule is Fc1cncc(N2CCCN(Cc3nccn3C(F)F)CC2)c1. The molecule has 0 radical (unpaired) electrons. The second kappa shape index (κ2) is 6.99. The smallest absolute Gasteiger partial charge is 0.319 e. The van der Waals surface area contributed by atoms with E-state index in [9.17, 15) is 13.2 Å². The molecular formula is C15H18F3N5. The average molecular weight is 325 g/mol. The van der Waals surface area contributed by atoms with Gasteiger partial charge in [-0.25, -0.2) is 9.37 Å². The molecule has 0 bridgehead atoms. The van der Waals surface area contributed by atoms with Crippen LogP contribution in [0.4, 0.5) is 18.9 Å². The van der Waals surface area contributed by atoms with Gasteiger partial charge in [0.1, 0.15) is 11.6 Å². The van der Waals surface area contributed by atoms with Crippen molar-refractivity contribution in [3.05, 3.63) is 42.5 Å². The summed E-state index contributed by atoms with van der Waals surface area (Å²) in [6.07, 6.45) is 6.37. The highest BCUT2D eigenvalue weighted by Gasteiger charge is 2.19. The zero-order valence-corrected chi connectivity index (χ0v) is 12.6. The van der Waals surface area contributed by atoms with Crippen molar-refractivity contribution in [1.82, 2.24) is 19.4 Å². The Kier molecular flexibility index (Phi) is 4.80. The molecule has 0 N–H and O–H groups in total. The molecule has 0 atom stereocenters. The van der Waals surface area contributed by atoms with Gasteiger partial charge in [0.15, 0.2) is 0 Å². The number of nitrogens with zero attached hydrogens (tertiary/aromatic N) is 5. The molecule has 0 saturated carbocycles. The van der Waals surface area contributed by atoms with Gasteiger partial charge in [-0.15, -0.1) is 0 Å². The molecule has 0 amide bonds. The summed E-state index contributed by atoms with van der Waals surface area (Å²) in [6.45, 7) is 0.773. The third-order valence-corrected chi connectivity index (χ3v) is 3.97. The monoisotopic (exact) mass is 325 g/mol. The summed E-state index contributed by atoms with van der Waals surface area (Å²) in [5.74, 6) is 0.00318. The number of alkyl halides is 2. The van der Waals surface area contributed by atoms with Gasteiger partial charge in [-0.2, -0.15) is 8.78 Å². The Morgan fingerprint density at radius 2 is 2.00 bits per heavy atom. The summed E-state index contributed by atoms with van der Waals surface area (Å²) in [5, 5.41) is 0. The first-order valence-corrected chi connectivity index (χ1v) is 7.51. The van der Waals surface area contributed by atoms with Gasteiger partial charge in [-0.3, -0.25) is 14.5 Å². The molecule has 1 aliphatic heterocycles. The first-order chi connectivity index (χ1) is 11.1. The molecular weight excluding hydrogens is 307 g/mol. The predicted molar refractivity (Wildman–Crippen MR) is 79.8 cm³/mol. The normalized spacial score (nSPS) is 16.8. The lowest BCUT2D eigenvalue weighted by molar-refractivity contribution is 0.0641. The fraction of sp³-hybridized carbons (Fsp3) is 0.467. The van der Waals surface area contributed by atoms with Gasteiger partial charge in [0.05, 0.1) is 24.6 Å². The minimum absolute atomic E-state index is 0.359. The van der Waals surface area contributed by atoms with Crippen molar-refractivity contribution in [2.75, 3.05) is 31.1 Å². The number of hydrogen-bond acceptors (Lipinski definition) is 4. The highest BCUT2D eigenvalue weighted by Crippen LogP contribution is 2.18. The second-order valence-electron chi connectivity index (χ2n) is 5.51. The van der Waals surface area contributed by atoms with Gasteiger partial charge in [-0.1, -0.05) is 0 Å². The molecule has 8 heteroatoms. The molecule has 0 unspecified atom stereocenters. The zero-order chi connectivity index (χ0) is 16.2. The number of hydrogen-bond donors (Lipinski definition) is 0. The summed E-state index contributed by atoms with van der Waals surface area (Å²) < 4.78 is 39.9. The van der Waals surface area contributed by atoms with Crippen LogP contribution in [0.15, 0.2) is 30.9 Å². The van der Waals surface area contributed by atoms with Crippen LogP contribution in [0.5, 0.6) is 0 Å². The largest absolute Gasteiger partial charge is 0.369 e. The van der Waals surface area contributed by atoms with Crippen LogP contribution in [-0.2, 0) is 6.54 Å². The quantitative estimate of drug-likeness (QED) is 0.866. The molecule has 2 aromatic heterocycles. The maximum absolute atomic E-state index is 13.3. The van der Waals surface area contributed by atoms with Crippen molar-refractivity contribution in [1.29, 1.82) is 0 Å². The maximum atomic E-state index is 13.3. The summed E-state index contributed by atoms with van der Waals surface area (Å²) in [6, 6.07) is 1.46. The molecule has 1 aliphatic rings. The summed E-state index contributed by atoms with van der Waals surface area (Å²) in [7, 11) is 0. The summed E-state index contributed by atoms with van der Waals surface area (Å²) >= 11 is 0. The number of halogens is 3. The van der Waals surface area contributed by atoms with E-state index in [4.69, 9.17) is 0 Å². The second-order valence-corrected chi connectivity index (χ2v) is 5.51. The highest BCUT2D eigenvalue weighted by molar-refractivity contribution is 5.44. The summed E-state index contributed by atoms with van der Waals surface area (Å²) in [5.41, 5.74) is 0.751. The van der Waals surface area contributed by atoms with E-state index in [-0.39, 0.29) is 5.82 Å². The minimum Gasteiger partial charge on any atom is -0.369 e. The summed E-state index contributed by atoms with van der Waals surface area (Å²) in [4.78, 5) is 12.0. The molecule has 0 aromatic carbocycles. The van der Waals surface area contributed by atoms with Crippen molar-refractivity contribution < 1.29 is 13.2 Å². The van der Waals surface area contributed by atoms with Crippen LogP contribution in [0.25, 0.3) is 0 Å².